The lowest BCUT2D eigenvalue weighted by atomic mass is 10.0. The molecule has 2 aromatic carbocycles. The zero-order valence-corrected chi connectivity index (χ0v) is 21.7. The molecule has 0 unspecified atom stereocenters. The fraction of sp³-hybridized carbons (Fsp3) is 0.370. The molecular formula is C27H31N3O6S. The van der Waals surface area contributed by atoms with Gasteiger partial charge in [-0.3, -0.25) is 14.4 Å². The molecule has 10 heteroatoms. The van der Waals surface area contributed by atoms with Crippen LogP contribution in [-0.2, 0) is 26.2 Å². The maximum Gasteiger partial charge on any atom is 0.287 e. The van der Waals surface area contributed by atoms with Gasteiger partial charge in [0.15, 0.2) is 11.5 Å². The number of Topliss-reactive ketones (excluding diaryl/α,β-unsaturated/α-hetero) is 1. The molecule has 9 nitrogen and oxygen atoms in total. The van der Waals surface area contributed by atoms with E-state index in [4.69, 9.17) is 4.42 Å². The van der Waals surface area contributed by atoms with Crippen LogP contribution in [0.4, 0.5) is 0 Å². The Bertz CT molecular complexity index is 1350. The Labute approximate surface area is 216 Å². The Morgan fingerprint density at radius 3 is 2.49 bits per heavy atom. The molecule has 1 aliphatic rings. The van der Waals surface area contributed by atoms with Crippen molar-refractivity contribution in [3.8, 4) is 0 Å². The number of furan rings is 1. The van der Waals surface area contributed by atoms with Gasteiger partial charge in [-0.05, 0) is 36.5 Å². The fourth-order valence-electron chi connectivity index (χ4n) is 4.33. The van der Waals surface area contributed by atoms with Gasteiger partial charge in [0.1, 0.15) is 11.6 Å². The number of nitrogens with one attached hydrogen (secondary N) is 2. The average molecular weight is 526 g/mol. The summed E-state index contributed by atoms with van der Waals surface area (Å²) in [6.45, 7) is 3.58. The van der Waals surface area contributed by atoms with Crippen molar-refractivity contribution in [2.75, 3.05) is 12.3 Å². The lowest BCUT2D eigenvalue weighted by molar-refractivity contribution is -0.129. The maximum absolute atomic E-state index is 13.2. The van der Waals surface area contributed by atoms with Gasteiger partial charge in [-0.2, -0.15) is 4.31 Å². The summed E-state index contributed by atoms with van der Waals surface area (Å²) >= 11 is 0. The van der Waals surface area contributed by atoms with Crippen LogP contribution in [0.1, 0.15) is 42.8 Å². The third kappa shape index (κ3) is 6.64. The summed E-state index contributed by atoms with van der Waals surface area (Å²) in [6.07, 6.45) is 0.293. The zero-order valence-electron chi connectivity index (χ0n) is 20.8. The Kier molecular flexibility index (Phi) is 8.09. The largest absolute Gasteiger partial charge is 0.451 e. The number of para-hydroxylation sites is 1. The summed E-state index contributed by atoms with van der Waals surface area (Å²) in [5.74, 6) is -1.59. The molecular weight excluding hydrogens is 494 g/mol. The molecule has 1 aromatic heterocycles. The van der Waals surface area contributed by atoms with Crippen molar-refractivity contribution in [3.05, 3.63) is 72.0 Å². The first-order valence-electron chi connectivity index (χ1n) is 12.3. The highest BCUT2D eigenvalue weighted by atomic mass is 32.2. The summed E-state index contributed by atoms with van der Waals surface area (Å²) in [5, 5.41) is 6.18. The molecule has 0 aliphatic carbocycles. The molecule has 2 atom stereocenters. The number of amides is 2. The second kappa shape index (κ2) is 11.3. The molecule has 0 bridgehead atoms. The van der Waals surface area contributed by atoms with E-state index in [-0.39, 0.29) is 36.9 Å². The number of ketones is 1. The topological polar surface area (TPSA) is 126 Å². The maximum atomic E-state index is 13.2. The van der Waals surface area contributed by atoms with Crippen molar-refractivity contribution >= 4 is 38.6 Å². The third-order valence-electron chi connectivity index (χ3n) is 6.28. The van der Waals surface area contributed by atoms with Gasteiger partial charge in [-0.25, -0.2) is 8.42 Å². The Morgan fingerprint density at radius 1 is 1.08 bits per heavy atom. The quantitative estimate of drug-likeness (QED) is 0.466. The van der Waals surface area contributed by atoms with Crippen LogP contribution in [0.3, 0.4) is 0 Å². The number of nitrogens with zero attached hydrogens (tertiary/aromatic N) is 1. The number of rotatable bonds is 8. The number of sulfonamides is 1. The Balaban J connectivity index is 1.45. The number of fused-ring (bicyclic) bond motifs is 1. The van der Waals surface area contributed by atoms with E-state index in [1.807, 2.05) is 32.0 Å². The highest BCUT2D eigenvalue weighted by Gasteiger charge is 2.35. The summed E-state index contributed by atoms with van der Waals surface area (Å²) in [7, 11) is -3.69. The van der Waals surface area contributed by atoms with Gasteiger partial charge >= 0.3 is 0 Å². The van der Waals surface area contributed by atoms with Gasteiger partial charge < -0.3 is 15.1 Å². The first-order chi connectivity index (χ1) is 17.6. The van der Waals surface area contributed by atoms with E-state index in [0.717, 1.165) is 15.3 Å². The zero-order chi connectivity index (χ0) is 26.6. The van der Waals surface area contributed by atoms with Crippen LogP contribution in [0.25, 0.3) is 11.0 Å². The Morgan fingerprint density at radius 2 is 1.78 bits per heavy atom. The fourth-order valence-corrected chi connectivity index (χ4v) is 5.79. The molecule has 1 fully saturated rings. The lowest BCUT2D eigenvalue weighted by Gasteiger charge is -2.23. The van der Waals surface area contributed by atoms with E-state index in [0.29, 0.717) is 12.0 Å². The smallest absolute Gasteiger partial charge is 0.287 e. The van der Waals surface area contributed by atoms with Crippen LogP contribution >= 0.6 is 0 Å². The molecule has 4 rings (SSSR count). The molecule has 3 aromatic rings. The monoisotopic (exact) mass is 525 g/mol. The van der Waals surface area contributed by atoms with Crippen LogP contribution in [0.2, 0.25) is 0 Å². The van der Waals surface area contributed by atoms with Crippen LogP contribution in [0.5, 0.6) is 0 Å². The molecule has 0 radical (unpaired) electrons. The number of carbonyl (C=O) groups is 3. The second-order valence-electron chi connectivity index (χ2n) is 9.69. The van der Waals surface area contributed by atoms with Crippen LogP contribution in [0, 0.1) is 5.92 Å². The number of carbonyl (C=O) groups excluding carboxylic acids is 3. The summed E-state index contributed by atoms with van der Waals surface area (Å²) < 4.78 is 32.4. The summed E-state index contributed by atoms with van der Waals surface area (Å²) in [5.41, 5.74) is 1.33. The molecule has 196 valence electrons. The van der Waals surface area contributed by atoms with Crippen LogP contribution in [0.15, 0.2) is 65.1 Å². The Hall–Kier alpha value is -3.50. The average Bonchev–Trinajstić information content (AvgIpc) is 3.26. The molecule has 1 aliphatic heterocycles. The van der Waals surface area contributed by atoms with Crippen molar-refractivity contribution in [1.82, 2.24) is 14.9 Å². The van der Waals surface area contributed by atoms with E-state index in [1.165, 1.54) is 0 Å². The highest BCUT2D eigenvalue weighted by Crippen LogP contribution is 2.20. The van der Waals surface area contributed by atoms with Gasteiger partial charge in [0.2, 0.25) is 15.9 Å². The SMILES string of the molecule is CC(C)C[C@H](NC(=O)c1cc2ccccc2o1)C(=O)N[C@H]1CCS(=O)(=O)N(Cc2ccccc2)CC1=O. The number of hydrogen-bond donors (Lipinski definition) is 2. The van der Waals surface area contributed by atoms with Gasteiger partial charge in [0, 0.05) is 11.9 Å². The van der Waals surface area contributed by atoms with Gasteiger partial charge in [0.05, 0.1) is 18.3 Å². The summed E-state index contributed by atoms with van der Waals surface area (Å²) in [4.78, 5) is 39.1. The van der Waals surface area contributed by atoms with E-state index in [9.17, 15) is 22.8 Å². The predicted octanol–water partition coefficient (Wildman–Crippen LogP) is 2.87. The van der Waals surface area contributed by atoms with Crippen molar-refractivity contribution in [2.24, 2.45) is 5.92 Å². The van der Waals surface area contributed by atoms with E-state index in [1.54, 1.807) is 42.5 Å². The molecule has 37 heavy (non-hydrogen) atoms. The molecule has 1 saturated heterocycles. The minimum atomic E-state index is -3.69. The second-order valence-corrected chi connectivity index (χ2v) is 11.8. The molecule has 2 heterocycles. The van der Waals surface area contributed by atoms with Crippen molar-refractivity contribution in [3.63, 3.8) is 0 Å². The third-order valence-corrected chi connectivity index (χ3v) is 8.07. The normalized spacial score (nSPS) is 18.9. The van der Waals surface area contributed by atoms with Crippen molar-refractivity contribution in [1.29, 1.82) is 0 Å². The first-order valence-corrected chi connectivity index (χ1v) is 13.9. The number of benzene rings is 2. The van der Waals surface area contributed by atoms with Crippen LogP contribution < -0.4 is 10.6 Å². The van der Waals surface area contributed by atoms with Crippen molar-refractivity contribution < 1.29 is 27.2 Å². The summed E-state index contributed by atoms with van der Waals surface area (Å²) in [6, 6.07) is 15.9. The van der Waals surface area contributed by atoms with E-state index >= 15 is 0 Å². The first kappa shape index (κ1) is 26.6. The van der Waals surface area contributed by atoms with Gasteiger partial charge in [0.25, 0.3) is 5.91 Å². The van der Waals surface area contributed by atoms with Crippen LogP contribution in [-0.4, -0.2) is 54.7 Å². The number of hydrogen-bond acceptors (Lipinski definition) is 6. The predicted molar refractivity (Wildman–Crippen MR) is 139 cm³/mol. The minimum Gasteiger partial charge on any atom is -0.451 e. The molecule has 2 amide bonds. The molecule has 0 spiro atoms. The molecule has 2 N–H and O–H groups in total. The van der Waals surface area contributed by atoms with E-state index in [2.05, 4.69) is 10.6 Å². The van der Waals surface area contributed by atoms with Gasteiger partial charge in [-0.15, -0.1) is 0 Å². The molecule has 0 saturated carbocycles. The lowest BCUT2D eigenvalue weighted by Crippen LogP contribution is -2.52. The standard InChI is InChI=1S/C27H31N3O6S/c1-18(2)14-22(29-27(33)25-15-20-10-6-7-11-24(20)36-25)26(32)28-21-12-13-37(34,35)30(17-23(21)31)16-19-8-4-3-5-9-19/h3-11,15,18,21-22H,12-14,16-17H2,1-2H3,(H,28,32)(H,29,33)/t21-,22-/m0/s1. The van der Waals surface area contributed by atoms with Gasteiger partial charge in [-0.1, -0.05) is 62.4 Å². The van der Waals surface area contributed by atoms with E-state index < -0.39 is 39.7 Å². The highest BCUT2D eigenvalue weighted by molar-refractivity contribution is 7.89. The minimum absolute atomic E-state index is 0.0376. The van der Waals surface area contributed by atoms with Crippen molar-refractivity contribution in [2.45, 2.75) is 45.3 Å².